The first-order valence-electron chi connectivity index (χ1n) is 8.93. The smallest absolute Gasteiger partial charge is 0.336 e. The lowest BCUT2D eigenvalue weighted by Gasteiger charge is -2.28. The predicted molar refractivity (Wildman–Crippen MR) is 102 cm³/mol. The van der Waals surface area contributed by atoms with Gasteiger partial charge in [0.1, 0.15) is 5.82 Å². The number of amides is 1. The number of piperazine rings is 1. The SMILES string of the molecule is O=C1CN(Cc2c(-c3ccc(F)cc3)nc3ccccc3c2C(=O)O)CCN1. The van der Waals surface area contributed by atoms with E-state index in [1.807, 2.05) is 4.90 Å². The lowest BCUT2D eigenvalue weighted by atomic mass is 9.96. The highest BCUT2D eigenvalue weighted by Gasteiger charge is 2.25. The van der Waals surface area contributed by atoms with Crippen molar-refractivity contribution in [1.82, 2.24) is 15.2 Å². The first kappa shape index (κ1) is 18.1. The summed E-state index contributed by atoms with van der Waals surface area (Å²) >= 11 is 0. The van der Waals surface area contributed by atoms with Crippen molar-refractivity contribution in [3.63, 3.8) is 0 Å². The van der Waals surface area contributed by atoms with E-state index in [0.717, 1.165) is 0 Å². The predicted octanol–water partition coefficient (Wildman–Crippen LogP) is 2.67. The average Bonchev–Trinajstić information content (AvgIpc) is 2.68. The molecule has 0 bridgehead atoms. The summed E-state index contributed by atoms with van der Waals surface area (Å²) in [6.45, 7) is 1.57. The molecule has 2 aromatic carbocycles. The molecule has 28 heavy (non-hydrogen) atoms. The first-order valence-corrected chi connectivity index (χ1v) is 8.93. The van der Waals surface area contributed by atoms with Gasteiger partial charge in [-0.05, 0) is 30.3 Å². The molecule has 1 fully saturated rings. The van der Waals surface area contributed by atoms with E-state index < -0.39 is 5.97 Å². The van der Waals surface area contributed by atoms with Crippen LogP contribution in [0.1, 0.15) is 15.9 Å². The minimum Gasteiger partial charge on any atom is -0.478 e. The van der Waals surface area contributed by atoms with Gasteiger partial charge >= 0.3 is 5.97 Å². The highest BCUT2D eigenvalue weighted by atomic mass is 19.1. The number of halogens is 1. The number of hydrogen-bond donors (Lipinski definition) is 2. The Morgan fingerprint density at radius 1 is 1.18 bits per heavy atom. The fourth-order valence-corrected chi connectivity index (χ4v) is 3.55. The van der Waals surface area contributed by atoms with Crippen molar-refractivity contribution >= 4 is 22.8 Å². The Morgan fingerprint density at radius 3 is 2.64 bits per heavy atom. The van der Waals surface area contributed by atoms with Crippen LogP contribution in [0.5, 0.6) is 0 Å². The van der Waals surface area contributed by atoms with E-state index in [9.17, 15) is 19.1 Å². The topological polar surface area (TPSA) is 82.5 Å². The Balaban J connectivity index is 1.93. The quantitative estimate of drug-likeness (QED) is 0.728. The number of nitrogens with zero attached hydrogens (tertiary/aromatic N) is 2. The van der Waals surface area contributed by atoms with Crippen LogP contribution in [0.2, 0.25) is 0 Å². The fourth-order valence-electron chi connectivity index (χ4n) is 3.55. The third-order valence-electron chi connectivity index (χ3n) is 4.82. The molecular formula is C21H18FN3O3. The minimum absolute atomic E-state index is 0.0970. The molecule has 1 aliphatic rings. The Morgan fingerprint density at radius 2 is 1.93 bits per heavy atom. The summed E-state index contributed by atoms with van der Waals surface area (Å²) in [5.74, 6) is -1.53. The third-order valence-corrected chi connectivity index (χ3v) is 4.82. The van der Waals surface area contributed by atoms with Crippen molar-refractivity contribution in [3.8, 4) is 11.3 Å². The van der Waals surface area contributed by atoms with E-state index >= 15 is 0 Å². The molecule has 0 aliphatic carbocycles. The summed E-state index contributed by atoms with van der Waals surface area (Å²) in [6.07, 6.45) is 0. The van der Waals surface area contributed by atoms with Crippen molar-refractivity contribution in [2.45, 2.75) is 6.54 Å². The second-order valence-corrected chi connectivity index (χ2v) is 6.70. The van der Waals surface area contributed by atoms with Crippen molar-refractivity contribution in [2.24, 2.45) is 0 Å². The van der Waals surface area contributed by atoms with Gasteiger partial charge in [0.2, 0.25) is 5.91 Å². The number of para-hydroxylation sites is 1. The van der Waals surface area contributed by atoms with E-state index in [1.165, 1.54) is 12.1 Å². The molecule has 0 atom stereocenters. The standard InChI is InChI=1S/C21H18FN3O3/c22-14-7-5-13(6-8-14)20-16(11-25-10-9-23-18(26)12-25)19(21(27)28)15-3-1-2-4-17(15)24-20/h1-8H,9-12H2,(H,23,26)(H,27,28). The molecule has 142 valence electrons. The van der Waals surface area contributed by atoms with E-state index in [0.29, 0.717) is 40.8 Å². The maximum Gasteiger partial charge on any atom is 0.336 e. The lowest BCUT2D eigenvalue weighted by Crippen LogP contribution is -2.47. The summed E-state index contributed by atoms with van der Waals surface area (Å²) in [7, 11) is 0. The number of aromatic nitrogens is 1. The molecule has 4 rings (SSSR count). The van der Waals surface area contributed by atoms with Crippen molar-refractivity contribution in [3.05, 3.63) is 65.5 Å². The van der Waals surface area contributed by atoms with E-state index in [4.69, 9.17) is 0 Å². The van der Waals surface area contributed by atoms with Crippen molar-refractivity contribution in [1.29, 1.82) is 0 Å². The van der Waals surface area contributed by atoms with Crippen LogP contribution in [0, 0.1) is 5.82 Å². The molecule has 1 amide bonds. The maximum atomic E-state index is 13.4. The molecule has 3 aromatic rings. The second kappa shape index (κ2) is 7.36. The molecule has 1 aromatic heterocycles. The second-order valence-electron chi connectivity index (χ2n) is 6.70. The van der Waals surface area contributed by atoms with Gasteiger partial charge in [-0.3, -0.25) is 9.69 Å². The number of nitrogens with one attached hydrogen (secondary N) is 1. The van der Waals surface area contributed by atoms with Crippen LogP contribution in [0.3, 0.4) is 0 Å². The summed E-state index contributed by atoms with van der Waals surface area (Å²) < 4.78 is 13.4. The maximum absolute atomic E-state index is 13.4. The number of pyridine rings is 1. The normalized spacial score (nSPS) is 14.8. The van der Waals surface area contributed by atoms with E-state index in [2.05, 4.69) is 10.3 Å². The molecule has 0 radical (unpaired) electrons. The van der Waals surface area contributed by atoms with Gasteiger partial charge in [0.25, 0.3) is 0 Å². The third kappa shape index (κ3) is 3.44. The zero-order chi connectivity index (χ0) is 19.7. The van der Waals surface area contributed by atoms with Crippen LogP contribution in [0.25, 0.3) is 22.2 Å². The van der Waals surface area contributed by atoms with Gasteiger partial charge in [-0.2, -0.15) is 0 Å². The number of benzene rings is 2. The van der Waals surface area contributed by atoms with Gasteiger partial charge in [-0.25, -0.2) is 14.2 Å². The number of carbonyl (C=O) groups excluding carboxylic acids is 1. The highest BCUT2D eigenvalue weighted by Crippen LogP contribution is 2.31. The molecule has 6 nitrogen and oxygen atoms in total. The van der Waals surface area contributed by atoms with Gasteiger partial charge in [-0.15, -0.1) is 0 Å². The van der Waals surface area contributed by atoms with Gasteiger partial charge < -0.3 is 10.4 Å². The van der Waals surface area contributed by atoms with Gasteiger partial charge in [-0.1, -0.05) is 18.2 Å². The van der Waals surface area contributed by atoms with Crippen LogP contribution in [0.15, 0.2) is 48.5 Å². The number of carbonyl (C=O) groups is 2. The highest BCUT2D eigenvalue weighted by molar-refractivity contribution is 6.05. The zero-order valence-electron chi connectivity index (χ0n) is 15.0. The molecule has 1 saturated heterocycles. The number of hydrogen-bond acceptors (Lipinski definition) is 4. The summed E-state index contributed by atoms with van der Waals surface area (Å²) in [5.41, 5.74) is 2.36. The molecule has 0 saturated carbocycles. The first-order chi connectivity index (χ1) is 13.5. The molecule has 1 aliphatic heterocycles. The molecule has 0 unspecified atom stereocenters. The number of rotatable bonds is 4. The number of carboxylic acid groups (broad SMARTS) is 1. The zero-order valence-corrected chi connectivity index (χ0v) is 15.0. The van der Waals surface area contributed by atoms with Crippen LogP contribution >= 0.6 is 0 Å². The molecule has 2 heterocycles. The van der Waals surface area contributed by atoms with Gasteiger partial charge in [0, 0.05) is 36.1 Å². The Kier molecular flexibility index (Phi) is 4.75. The lowest BCUT2D eigenvalue weighted by molar-refractivity contribution is -0.124. The number of carboxylic acids is 1. The Hall–Kier alpha value is -3.32. The van der Waals surface area contributed by atoms with Gasteiger partial charge in [0.15, 0.2) is 0 Å². The number of aromatic carboxylic acids is 1. The van der Waals surface area contributed by atoms with Gasteiger partial charge in [0.05, 0.1) is 23.3 Å². The number of fused-ring (bicyclic) bond motifs is 1. The van der Waals surface area contributed by atoms with Crippen molar-refractivity contribution < 1.29 is 19.1 Å². The Labute approximate surface area is 160 Å². The average molecular weight is 379 g/mol. The summed E-state index contributed by atoms with van der Waals surface area (Å²) in [4.78, 5) is 30.5. The monoisotopic (exact) mass is 379 g/mol. The molecule has 7 heteroatoms. The van der Waals surface area contributed by atoms with Crippen LogP contribution in [0.4, 0.5) is 4.39 Å². The molecular weight excluding hydrogens is 361 g/mol. The molecule has 0 spiro atoms. The summed E-state index contributed by atoms with van der Waals surface area (Å²) in [5, 5.41) is 13.3. The van der Waals surface area contributed by atoms with E-state index in [-0.39, 0.29) is 30.4 Å². The van der Waals surface area contributed by atoms with Crippen molar-refractivity contribution in [2.75, 3.05) is 19.6 Å². The summed E-state index contributed by atoms with van der Waals surface area (Å²) in [6, 6.07) is 12.9. The van der Waals surface area contributed by atoms with Crippen LogP contribution in [-0.4, -0.2) is 46.5 Å². The minimum atomic E-state index is -1.06. The van der Waals surface area contributed by atoms with Crippen LogP contribution in [-0.2, 0) is 11.3 Å². The van der Waals surface area contributed by atoms with E-state index in [1.54, 1.807) is 36.4 Å². The molecule has 2 N–H and O–H groups in total. The van der Waals surface area contributed by atoms with Crippen LogP contribution < -0.4 is 5.32 Å². The Bertz CT molecular complexity index is 1070. The fraction of sp³-hybridized carbons (Fsp3) is 0.190. The largest absolute Gasteiger partial charge is 0.478 e.